The second-order valence-corrected chi connectivity index (χ2v) is 5.56. The highest BCUT2D eigenvalue weighted by molar-refractivity contribution is 4.60. The van der Waals surface area contributed by atoms with Crippen molar-refractivity contribution in [2.45, 2.75) is 54.4 Å². The van der Waals surface area contributed by atoms with Crippen molar-refractivity contribution < 1.29 is 4.74 Å². The molecule has 1 aliphatic heterocycles. The van der Waals surface area contributed by atoms with Gasteiger partial charge >= 0.3 is 0 Å². The largest absolute Gasteiger partial charge is 0.379 e. The molecule has 0 aromatic carbocycles. The zero-order valence-electron chi connectivity index (χ0n) is 15.2. The van der Waals surface area contributed by atoms with Gasteiger partial charge in [-0.15, -0.1) is 0 Å². The minimum atomic E-state index is 0.806. The van der Waals surface area contributed by atoms with Gasteiger partial charge in [-0.05, 0) is 32.5 Å². The summed E-state index contributed by atoms with van der Waals surface area (Å²) in [5.74, 6) is 0.806. The average molecular weight is 289 g/mol. The zero-order chi connectivity index (χ0) is 15.8. The van der Waals surface area contributed by atoms with E-state index in [0.29, 0.717) is 0 Å². The van der Waals surface area contributed by atoms with Crippen molar-refractivity contribution in [1.82, 2.24) is 9.80 Å². The Morgan fingerprint density at radius 2 is 1.65 bits per heavy atom. The Balaban J connectivity index is 0. The lowest BCUT2D eigenvalue weighted by Gasteiger charge is -2.26. The number of hydrogen-bond acceptors (Lipinski definition) is 3. The van der Waals surface area contributed by atoms with Crippen molar-refractivity contribution in [2.75, 3.05) is 53.0 Å². The SMILES string of the molecule is CC.CCCCN1CCOCC1.CCN(C)CC(C)C. The number of rotatable bonds is 6. The molecular formula is C17H40N2O. The highest BCUT2D eigenvalue weighted by atomic mass is 16.5. The highest BCUT2D eigenvalue weighted by Crippen LogP contribution is 1.98. The van der Waals surface area contributed by atoms with E-state index >= 15 is 0 Å². The average Bonchev–Trinajstić information content (AvgIpc) is 2.48. The van der Waals surface area contributed by atoms with Gasteiger partial charge in [0.05, 0.1) is 13.2 Å². The molecule has 0 saturated carbocycles. The molecule has 0 aromatic rings. The van der Waals surface area contributed by atoms with Crippen molar-refractivity contribution in [3.8, 4) is 0 Å². The first-order chi connectivity index (χ1) is 9.60. The van der Waals surface area contributed by atoms with Gasteiger partial charge in [0, 0.05) is 19.6 Å². The van der Waals surface area contributed by atoms with Crippen molar-refractivity contribution in [2.24, 2.45) is 5.92 Å². The van der Waals surface area contributed by atoms with Gasteiger partial charge < -0.3 is 9.64 Å². The maximum Gasteiger partial charge on any atom is 0.0594 e. The topological polar surface area (TPSA) is 15.7 Å². The molecule has 3 nitrogen and oxygen atoms in total. The normalized spacial score (nSPS) is 15.4. The zero-order valence-corrected chi connectivity index (χ0v) is 15.2. The van der Waals surface area contributed by atoms with Gasteiger partial charge in [0.2, 0.25) is 0 Å². The van der Waals surface area contributed by atoms with Crippen molar-refractivity contribution in [1.29, 1.82) is 0 Å². The Labute approximate surface area is 128 Å². The van der Waals surface area contributed by atoms with Crippen LogP contribution in [0.15, 0.2) is 0 Å². The molecule has 1 saturated heterocycles. The summed E-state index contributed by atoms with van der Waals surface area (Å²) in [6.07, 6.45) is 2.64. The lowest BCUT2D eigenvalue weighted by atomic mass is 10.2. The van der Waals surface area contributed by atoms with E-state index in [4.69, 9.17) is 4.74 Å². The van der Waals surface area contributed by atoms with Crippen LogP contribution in [0.1, 0.15) is 54.4 Å². The lowest BCUT2D eigenvalue weighted by Crippen LogP contribution is -2.36. The molecule has 0 aliphatic carbocycles. The predicted molar refractivity (Wildman–Crippen MR) is 91.5 cm³/mol. The summed E-state index contributed by atoms with van der Waals surface area (Å²) in [6.45, 7) is 20.7. The summed E-state index contributed by atoms with van der Waals surface area (Å²) in [7, 11) is 2.15. The second kappa shape index (κ2) is 16.9. The summed E-state index contributed by atoms with van der Waals surface area (Å²) in [5, 5.41) is 0. The summed E-state index contributed by atoms with van der Waals surface area (Å²) >= 11 is 0. The Kier molecular flexibility index (Phi) is 18.8. The van der Waals surface area contributed by atoms with E-state index in [9.17, 15) is 0 Å². The van der Waals surface area contributed by atoms with Crippen molar-refractivity contribution in [3.63, 3.8) is 0 Å². The third kappa shape index (κ3) is 15.9. The summed E-state index contributed by atoms with van der Waals surface area (Å²) < 4.78 is 5.24. The first-order valence-electron chi connectivity index (χ1n) is 8.58. The molecule has 1 fully saturated rings. The molecule has 0 radical (unpaired) electrons. The minimum absolute atomic E-state index is 0.806. The molecule has 0 aromatic heterocycles. The van der Waals surface area contributed by atoms with E-state index < -0.39 is 0 Å². The van der Waals surface area contributed by atoms with E-state index in [1.807, 2.05) is 13.8 Å². The fourth-order valence-corrected chi connectivity index (χ4v) is 1.96. The second-order valence-electron chi connectivity index (χ2n) is 5.56. The summed E-state index contributed by atoms with van der Waals surface area (Å²) in [4.78, 5) is 4.80. The van der Waals surface area contributed by atoms with Crippen LogP contribution in [0.5, 0.6) is 0 Å². The van der Waals surface area contributed by atoms with Gasteiger partial charge in [0.1, 0.15) is 0 Å². The van der Waals surface area contributed by atoms with Gasteiger partial charge in [-0.25, -0.2) is 0 Å². The third-order valence-electron chi connectivity index (χ3n) is 3.15. The quantitative estimate of drug-likeness (QED) is 0.740. The van der Waals surface area contributed by atoms with Crippen LogP contribution in [-0.4, -0.2) is 62.8 Å². The fraction of sp³-hybridized carbons (Fsp3) is 1.00. The van der Waals surface area contributed by atoms with E-state index in [1.54, 1.807) is 0 Å². The number of nitrogens with zero attached hydrogens (tertiary/aromatic N) is 2. The predicted octanol–water partition coefficient (Wildman–Crippen LogP) is 3.74. The molecule has 124 valence electrons. The van der Waals surface area contributed by atoms with Crippen LogP contribution in [0.3, 0.4) is 0 Å². The molecule has 3 heteroatoms. The maximum atomic E-state index is 5.24. The summed E-state index contributed by atoms with van der Waals surface area (Å²) in [6, 6.07) is 0. The van der Waals surface area contributed by atoms with Crippen LogP contribution in [-0.2, 0) is 4.74 Å². The third-order valence-corrected chi connectivity index (χ3v) is 3.15. The maximum absolute atomic E-state index is 5.24. The molecule has 1 heterocycles. The van der Waals surface area contributed by atoms with Crippen LogP contribution in [0, 0.1) is 5.92 Å². The van der Waals surface area contributed by atoms with Crippen LogP contribution >= 0.6 is 0 Å². The molecule has 0 amide bonds. The molecule has 1 aliphatic rings. The molecule has 0 bridgehead atoms. The molecule has 0 spiro atoms. The highest BCUT2D eigenvalue weighted by Gasteiger charge is 2.07. The first-order valence-corrected chi connectivity index (χ1v) is 8.58. The number of ether oxygens (including phenoxy) is 1. The molecular weight excluding hydrogens is 248 g/mol. The van der Waals surface area contributed by atoms with Crippen molar-refractivity contribution in [3.05, 3.63) is 0 Å². The van der Waals surface area contributed by atoms with E-state index in [1.165, 1.54) is 25.9 Å². The monoisotopic (exact) mass is 288 g/mol. The van der Waals surface area contributed by atoms with Gasteiger partial charge in [-0.3, -0.25) is 4.90 Å². The van der Waals surface area contributed by atoms with Gasteiger partial charge in [-0.2, -0.15) is 0 Å². The Hall–Kier alpha value is -0.120. The van der Waals surface area contributed by atoms with Crippen molar-refractivity contribution >= 4 is 0 Å². The van der Waals surface area contributed by atoms with Crippen LogP contribution in [0.25, 0.3) is 0 Å². The molecule has 1 rings (SSSR count). The van der Waals surface area contributed by atoms with Crippen LogP contribution in [0.2, 0.25) is 0 Å². The smallest absolute Gasteiger partial charge is 0.0594 e. The van der Waals surface area contributed by atoms with E-state index in [0.717, 1.165) is 38.8 Å². The van der Waals surface area contributed by atoms with Gasteiger partial charge in [0.25, 0.3) is 0 Å². The standard InChI is InChI=1S/C8H17NO.C7H17N.C2H6/c1-2-3-4-9-5-7-10-8-6-9;1-5-8(4)6-7(2)3;1-2/h2-8H2,1H3;7H,5-6H2,1-4H3;1-2H3. The molecule has 0 N–H and O–H groups in total. The van der Waals surface area contributed by atoms with E-state index in [2.05, 4.69) is 44.5 Å². The van der Waals surface area contributed by atoms with Gasteiger partial charge in [0.15, 0.2) is 0 Å². The summed E-state index contributed by atoms with van der Waals surface area (Å²) in [5.41, 5.74) is 0. The Morgan fingerprint density at radius 3 is 2.00 bits per heavy atom. The Bertz CT molecular complexity index is 168. The fourth-order valence-electron chi connectivity index (χ4n) is 1.96. The molecule has 0 unspecified atom stereocenters. The lowest BCUT2D eigenvalue weighted by molar-refractivity contribution is 0.0373. The van der Waals surface area contributed by atoms with Crippen LogP contribution in [0.4, 0.5) is 0 Å². The van der Waals surface area contributed by atoms with Crippen LogP contribution < -0.4 is 0 Å². The number of morpholine rings is 1. The molecule has 0 atom stereocenters. The number of hydrogen-bond donors (Lipinski definition) is 0. The first kappa shape index (κ1) is 22.2. The Morgan fingerprint density at radius 1 is 1.10 bits per heavy atom. The van der Waals surface area contributed by atoms with E-state index in [-0.39, 0.29) is 0 Å². The molecule has 20 heavy (non-hydrogen) atoms. The minimum Gasteiger partial charge on any atom is -0.379 e. The van der Waals surface area contributed by atoms with Gasteiger partial charge in [-0.1, -0.05) is 48.0 Å². The number of unbranched alkanes of at least 4 members (excludes halogenated alkanes) is 1.